The lowest BCUT2D eigenvalue weighted by molar-refractivity contribution is -0.132. The van der Waals surface area contributed by atoms with Crippen LogP contribution in [-0.2, 0) is 27.4 Å². The summed E-state index contributed by atoms with van der Waals surface area (Å²) in [6.07, 6.45) is 2.98. The number of nitrogens with zero attached hydrogens (tertiary/aromatic N) is 10. The van der Waals surface area contributed by atoms with Crippen LogP contribution in [0.25, 0.3) is 39.0 Å². The molecule has 8 rings (SSSR count). The number of nitrogens with one attached hydrogen (secondary N) is 1. The van der Waals surface area contributed by atoms with Gasteiger partial charge in [-0.3, -0.25) is 4.79 Å². The third-order valence-electron chi connectivity index (χ3n) is 9.56. The van der Waals surface area contributed by atoms with Crippen molar-refractivity contribution in [2.45, 2.75) is 44.7 Å². The first-order chi connectivity index (χ1) is 25.1. The molecule has 6 aromatic rings. The van der Waals surface area contributed by atoms with Crippen LogP contribution in [0.2, 0.25) is 0 Å². The molecule has 2 aromatic carbocycles. The average molecular weight is 714 g/mol. The molecule has 2 aliphatic rings. The fourth-order valence-corrected chi connectivity index (χ4v) is 7.18. The highest BCUT2D eigenvalue weighted by Crippen LogP contribution is 2.35. The smallest absolute Gasteiger partial charge is 0.245 e. The first-order valence-corrected chi connectivity index (χ1v) is 16.6. The number of hydrogen-bond acceptors (Lipinski definition) is 11. The van der Waals surface area contributed by atoms with E-state index in [-0.39, 0.29) is 48.8 Å². The molecule has 14 nitrogen and oxygen atoms in total. The predicted octanol–water partition coefficient (Wildman–Crippen LogP) is 4.04. The van der Waals surface area contributed by atoms with Gasteiger partial charge in [0.25, 0.3) is 0 Å². The summed E-state index contributed by atoms with van der Waals surface area (Å²) < 4.78 is 58.4. The number of amides is 1. The number of carbonyl (C=O) groups is 1. The Morgan fingerprint density at radius 2 is 1.83 bits per heavy atom. The number of aromatic nitrogens is 8. The summed E-state index contributed by atoms with van der Waals surface area (Å²) in [5.41, 5.74) is 2.47. The van der Waals surface area contributed by atoms with Crippen molar-refractivity contribution in [2.24, 2.45) is 0 Å². The average Bonchev–Trinajstić information content (AvgIpc) is 3.82. The van der Waals surface area contributed by atoms with Crippen molar-refractivity contribution in [1.29, 1.82) is 0 Å². The molecule has 1 N–H and O–H groups in total. The first-order valence-electron chi connectivity index (χ1n) is 16.6. The number of carbonyl (C=O) groups excluding carboxylic acids is 1. The molecule has 4 bridgehead atoms. The largest absolute Gasteiger partial charge is 0.378 e. The molecule has 0 radical (unpaired) electrons. The molecule has 1 saturated heterocycles. The number of anilines is 2. The lowest BCUT2D eigenvalue weighted by atomic mass is 10.1. The highest BCUT2D eigenvalue weighted by atomic mass is 19.1. The molecule has 52 heavy (non-hydrogen) atoms. The lowest BCUT2D eigenvalue weighted by Crippen LogP contribution is -2.47. The molecule has 17 heteroatoms. The minimum absolute atomic E-state index is 0.00585. The van der Waals surface area contributed by atoms with Crippen LogP contribution in [0.1, 0.15) is 18.1 Å². The van der Waals surface area contributed by atoms with Crippen molar-refractivity contribution in [3.8, 4) is 16.9 Å². The number of benzene rings is 2. The number of hydrogen-bond donors (Lipinski definition) is 1. The second-order valence-corrected chi connectivity index (χ2v) is 13.0. The third kappa shape index (κ3) is 5.84. The van der Waals surface area contributed by atoms with Crippen molar-refractivity contribution in [3.63, 3.8) is 0 Å². The number of rotatable bonds is 5. The Bertz CT molecular complexity index is 2350. The van der Waals surface area contributed by atoms with Gasteiger partial charge in [0.1, 0.15) is 41.6 Å². The van der Waals surface area contributed by atoms with Gasteiger partial charge < -0.3 is 29.2 Å². The molecule has 1 amide bonds. The summed E-state index contributed by atoms with van der Waals surface area (Å²) >= 11 is 0. The van der Waals surface area contributed by atoms with E-state index in [2.05, 4.69) is 25.4 Å². The zero-order chi connectivity index (χ0) is 36.3. The molecule has 268 valence electrons. The number of halogens is 3. The van der Waals surface area contributed by atoms with E-state index in [0.29, 0.717) is 58.2 Å². The second-order valence-electron chi connectivity index (χ2n) is 13.0. The van der Waals surface area contributed by atoms with Crippen molar-refractivity contribution in [2.75, 3.05) is 44.6 Å². The van der Waals surface area contributed by atoms with Crippen LogP contribution in [0, 0.1) is 24.4 Å². The minimum Gasteiger partial charge on any atom is -0.378 e. The molecule has 0 saturated carbocycles. The van der Waals surface area contributed by atoms with Crippen LogP contribution in [0.4, 0.5) is 24.9 Å². The van der Waals surface area contributed by atoms with Crippen LogP contribution in [0.3, 0.4) is 0 Å². The van der Waals surface area contributed by atoms with Gasteiger partial charge in [-0.25, -0.2) is 42.8 Å². The summed E-state index contributed by atoms with van der Waals surface area (Å²) in [6.45, 7) is 2.71. The van der Waals surface area contributed by atoms with Gasteiger partial charge in [0.05, 0.1) is 41.0 Å². The van der Waals surface area contributed by atoms with E-state index < -0.39 is 29.6 Å². The third-order valence-corrected chi connectivity index (χ3v) is 9.56. The molecule has 4 aromatic heterocycles. The Labute approximate surface area is 295 Å². The summed E-state index contributed by atoms with van der Waals surface area (Å²) in [6, 6.07) is 6.68. The topological polar surface area (TPSA) is 141 Å². The van der Waals surface area contributed by atoms with Crippen molar-refractivity contribution in [1.82, 2.24) is 44.2 Å². The van der Waals surface area contributed by atoms with Crippen molar-refractivity contribution in [3.05, 3.63) is 77.9 Å². The van der Waals surface area contributed by atoms with Gasteiger partial charge in [-0.1, -0.05) is 0 Å². The van der Waals surface area contributed by atoms with E-state index in [4.69, 9.17) is 19.4 Å². The Morgan fingerprint density at radius 3 is 2.62 bits per heavy atom. The van der Waals surface area contributed by atoms with Crippen LogP contribution in [0.5, 0.6) is 0 Å². The van der Waals surface area contributed by atoms with E-state index in [1.807, 2.05) is 16.4 Å². The Kier molecular flexibility index (Phi) is 8.45. The maximum Gasteiger partial charge on any atom is 0.245 e. The second kappa shape index (κ2) is 13.1. The van der Waals surface area contributed by atoms with Crippen LogP contribution in [-0.4, -0.2) is 103 Å². The Morgan fingerprint density at radius 1 is 0.981 bits per heavy atom. The molecule has 0 spiro atoms. The van der Waals surface area contributed by atoms with Crippen LogP contribution >= 0.6 is 0 Å². The van der Waals surface area contributed by atoms with Gasteiger partial charge >= 0.3 is 0 Å². The highest BCUT2D eigenvalue weighted by Gasteiger charge is 2.41. The number of ether oxygens (including phenoxy) is 2. The van der Waals surface area contributed by atoms with Gasteiger partial charge in [-0.2, -0.15) is 5.10 Å². The van der Waals surface area contributed by atoms with Crippen LogP contribution < -0.4 is 10.2 Å². The normalized spacial score (nSPS) is 19.3. The number of methoxy groups -OCH3 is 2. The molecule has 6 heterocycles. The summed E-state index contributed by atoms with van der Waals surface area (Å²) in [5, 5.41) is 8.26. The first kappa shape index (κ1) is 33.5. The molecule has 1 fully saturated rings. The number of aryl methyl sites for hydroxylation is 1. The molecule has 0 aliphatic carbocycles. The molecular formula is C35H34F3N11O3. The number of fused-ring (bicyclic) bond motifs is 6. The van der Waals surface area contributed by atoms with Gasteiger partial charge in [0, 0.05) is 64.3 Å². The van der Waals surface area contributed by atoms with E-state index in [9.17, 15) is 13.6 Å². The van der Waals surface area contributed by atoms with E-state index in [1.165, 1.54) is 36.2 Å². The van der Waals surface area contributed by atoms with Gasteiger partial charge in [0.15, 0.2) is 17.3 Å². The SMILES string of the molecule is COCc1nc(N2C[C@@H]3C[C@H]2C(=O)N(C)C[C@H](OC)Cn2c(C)nc4cc(F)cc(c42)-c2ccnc(n2)N3)c2cnn(-c3ccc(F)cc3F)c2n1. The molecular weight excluding hydrogens is 679 g/mol. The fraction of sp³-hybridized carbons (Fsp3) is 0.343. The zero-order valence-electron chi connectivity index (χ0n) is 28.7. The monoisotopic (exact) mass is 713 g/mol. The van der Waals surface area contributed by atoms with Gasteiger partial charge in [-0.15, -0.1) is 0 Å². The standard InChI is InChI=1S/C35H34F3N11O3/c1-18-41-27-11-20(37)9-23-26-7-8-39-35(43-26)42-21-12-29(34(50)46(2)15-22(52-4)16-47(18)31(23)27)48(14-21)32-24-13-40-49(28-6-5-19(36)10-25(28)38)33(24)45-30(44-32)17-51-3/h5-11,13,21-22,29H,12,14-17H2,1-4H3,(H,39,42,43)/t21-,22-,29-/m0/s1. The number of likely N-dealkylation sites (N-methyl/N-ethyl adjacent to an activating group) is 1. The fourth-order valence-electron chi connectivity index (χ4n) is 7.18. The maximum atomic E-state index is 15.0. The van der Waals surface area contributed by atoms with Crippen LogP contribution in [0.15, 0.2) is 48.8 Å². The Hall–Kier alpha value is -5.68. The lowest BCUT2D eigenvalue weighted by Gasteiger charge is -2.31. The minimum atomic E-state index is -0.821. The van der Waals surface area contributed by atoms with E-state index in [0.717, 1.165) is 12.1 Å². The Balaban J connectivity index is 1.25. The molecule has 2 aliphatic heterocycles. The highest BCUT2D eigenvalue weighted by molar-refractivity contribution is 5.94. The zero-order valence-corrected chi connectivity index (χ0v) is 28.7. The number of imidazole rings is 1. The molecule has 0 unspecified atom stereocenters. The van der Waals surface area contributed by atoms with Crippen molar-refractivity contribution >= 4 is 39.7 Å². The summed E-state index contributed by atoms with van der Waals surface area (Å²) in [5.74, 6) is -0.577. The summed E-state index contributed by atoms with van der Waals surface area (Å²) in [4.78, 5) is 41.3. The van der Waals surface area contributed by atoms with Gasteiger partial charge in [-0.05, 0) is 37.6 Å². The molecule has 3 atom stereocenters. The van der Waals surface area contributed by atoms with E-state index >= 15 is 4.39 Å². The quantitative estimate of drug-likeness (QED) is 0.277. The van der Waals surface area contributed by atoms with Crippen molar-refractivity contribution < 1.29 is 27.4 Å². The van der Waals surface area contributed by atoms with Gasteiger partial charge in [0.2, 0.25) is 11.9 Å². The van der Waals surface area contributed by atoms with E-state index in [1.54, 1.807) is 31.3 Å². The summed E-state index contributed by atoms with van der Waals surface area (Å²) in [7, 11) is 4.80. The predicted molar refractivity (Wildman–Crippen MR) is 184 cm³/mol. The maximum absolute atomic E-state index is 15.0.